The number of fused-ring (bicyclic) bond motifs is 1. The van der Waals surface area contributed by atoms with Crippen LogP contribution < -0.4 is 20.3 Å². The molecule has 2 aliphatic rings. The first kappa shape index (κ1) is 22.4. The minimum atomic E-state index is -0.237. The Kier molecular flexibility index (Phi) is 6.55. The molecular weight excluding hydrogens is 402 g/mol. The summed E-state index contributed by atoms with van der Waals surface area (Å²) < 4.78 is 12.0. The molecule has 1 aromatic heterocycles. The fourth-order valence-corrected chi connectivity index (χ4v) is 4.55. The molecule has 0 saturated carbocycles. The van der Waals surface area contributed by atoms with Crippen molar-refractivity contribution in [3.63, 3.8) is 0 Å². The summed E-state index contributed by atoms with van der Waals surface area (Å²) >= 11 is 0. The maximum absolute atomic E-state index is 6.15. The van der Waals surface area contributed by atoms with Crippen molar-refractivity contribution in [1.82, 2.24) is 15.6 Å². The van der Waals surface area contributed by atoms with Crippen molar-refractivity contribution >= 4 is 11.8 Å². The Morgan fingerprint density at radius 2 is 1.91 bits per heavy atom. The monoisotopic (exact) mass is 437 g/mol. The molecule has 2 N–H and O–H groups in total. The van der Waals surface area contributed by atoms with Gasteiger partial charge in [0.15, 0.2) is 5.96 Å². The maximum Gasteiger partial charge on any atom is 0.191 e. The topological polar surface area (TPSA) is 71.0 Å². The van der Waals surface area contributed by atoms with E-state index in [1.54, 1.807) is 7.05 Å². The summed E-state index contributed by atoms with van der Waals surface area (Å²) in [6.07, 6.45) is 3.23. The van der Waals surface area contributed by atoms with Crippen LogP contribution in [0.1, 0.15) is 51.3 Å². The van der Waals surface area contributed by atoms with Gasteiger partial charge >= 0.3 is 0 Å². The largest absolute Gasteiger partial charge is 0.487 e. The van der Waals surface area contributed by atoms with Crippen LogP contribution >= 0.6 is 0 Å². The van der Waals surface area contributed by atoms with E-state index in [-0.39, 0.29) is 23.9 Å². The van der Waals surface area contributed by atoms with Gasteiger partial charge in [-0.15, -0.1) is 0 Å². The Labute approximate surface area is 191 Å². The number of ether oxygens (including phenoxy) is 2. The van der Waals surface area contributed by atoms with Gasteiger partial charge < -0.3 is 25.0 Å². The zero-order valence-electron chi connectivity index (χ0n) is 19.8. The fraction of sp³-hybridized carbons (Fsp3) is 0.520. The van der Waals surface area contributed by atoms with Gasteiger partial charge in [-0.05, 0) is 45.4 Å². The first-order valence-corrected chi connectivity index (χ1v) is 11.4. The van der Waals surface area contributed by atoms with Crippen molar-refractivity contribution in [1.29, 1.82) is 0 Å². The number of guanidine groups is 1. The number of aromatic nitrogens is 1. The van der Waals surface area contributed by atoms with Crippen LogP contribution in [0.3, 0.4) is 0 Å². The van der Waals surface area contributed by atoms with E-state index in [1.807, 2.05) is 18.3 Å². The lowest BCUT2D eigenvalue weighted by Gasteiger charge is -2.38. The van der Waals surface area contributed by atoms with Crippen molar-refractivity contribution < 1.29 is 9.47 Å². The van der Waals surface area contributed by atoms with Gasteiger partial charge in [0.2, 0.25) is 0 Å². The molecule has 2 aliphatic heterocycles. The molecule has 7 heteroatoms. The average Bonchev–Trinajstić information content (AvgIpc) is 2.75. The second-order valence-corrected chi connectivity index (χ2v) is 9.41. The lowest BCUT2D eigenvalue weighted by molar-refractivity contribution is -0.00546. The summed E-state index contributed by atoms with van der Waals surface area (Å²) in [5, 5.41) is 7.01. The SMILES string of the molecule is CN=C(NCc1ccc(N2CC(C)OC(C)C2)nc1)NC1CC(C)(C)Oc2ccccc21. The van der Waals surface area contributed by atoms with Crippen LogP contribution in [0.2, 0.25) is 0 Å². The van der Waals surface area contributed by atoms with Crippen LogP contribution in [0.25, 0.3) is 0 Å². The van der Waals surface area contributed by atoms with Gasteiger partial charge in [0.05, 0.1) is 18.2 Å². The molecule has 0 amide bonds. The molecule has 7 nitrogen and oxygen atoms in total. The third kappa shape index (κ3) is 5.33. The zero-order valence-corrected chi connectivity index (χ0v) is 19.8. The van der Waals surface area contributed by atoms with Crippen LogP contribution in [0, 0.1) is 0 Å². The van der Waals surface area contributed by atoms with Gasteiger partial charge in [0, 0.05) is 44.9 Å². The van der Waals surface area contributed by atoms with E-state index in [0.717, 1.165) is 48.2 Å². The molecule has 32 heavy (non-hydrogen) atoms. The minimum Gasteiger partial charge on any atom is -0.487 e. The summed E-state index contributed by atoms with van der Waals surface area (Å²) in [6, 6.07) is 12.6. The van der Waals surface area contributed by atoms with Gasteiger partial charge in [-0.2, -0.15) is 0 Å². The lowest BCUT2D eigenvalue weighted by Crippen LogP contribution is -2.46. The maximum atomic E-state index is 6.15. The number of nitrogens with zero attached hydrogens (tertiary/aromatic N) is 3. The van der Waals surface area contributed by atoms with Gasteiger partial charge in [-0.1, -0.05) is 24.3 Å². The first-order valence-electron chi connectivity index (χ1n) is 11.4. The number of aliphatic imine (C=N–C) groups is 1. The number of hydrogen-bond acceptors (Lipinski definition) is 5. The van der Waals surface area contributed by atoms with Gasteiger partial charge in [0.25, 0.3) is 0 Å². The van der Waals surface area contributed by atoms with E-state index in [0.29, 0.717) is 6.54 Å². The molecule has 0 aliphatic carbocycles. The summed E-state index contributed by atoms with van der Waals surface area (Å²) in [6.45, 7) is 10.9. The molecule has 3 heterocycles. The minimum absolute atomic E-state index is 0.131. The number of nitrogens with one attached hydrogen (secondary N) is 2. The summed E-state index contributed by atoms with van der Waals surface area (Å²) in [5.74, 6) is 2.70. The number of rotatable bonds is 4. The van der Waals surface area contributed by atoms with Gasteiger partial charge in [-0.25, -0.2) is 4.98 Å². The highest BCUT2D eigenvalue weighted by atomic mass is 16.5. The Hall–Kier alpha value is -2.80. The Bertz CT molecular complexity index is 934. The first-order chi connectivity index (χ1) is 15.3. The van der Waals surface area contributed by atoms with E-state index < -0.39 is 0 Å². The van der Waals surface area contributed by atoms with E-state index in [4.69, 9.17) is 14.5 Å². The summed E-state index contributed by atoms with van der Waals surface area (Å²) in [7, 11) is 1.80. The van der Waals surface area contributed by atoms with Crippen LogP contribution in [0.15, 0.2) is 47.6 Å². The van der Waals surface area contributed by atoms with E-state index in [9.17, 15) is 0 Å². The number of pyridine rings is 1. The molecule has 0 spiro atoms. The quantitative estimate of drug-likeness (QED) is 0.562. The zero-order chi connectivity index (χ0) is 22.7. The Morgan fingerprint density at radius 3 is 2.59 bits per heavy atom. The molecule has 1 fully saturated rings. The average molecular weight is 438 g/mol. The van der Waals surface area contributed by atoms with Crippen LogP contribution in [-0.4, -0.2) is 48.9 Å². The molecule has 1 saturated heterocycles. The number of hydrogen-bond donors (Lipinski definition) is 2. The third-order valence-electron chi connectivity index (χ3n) is 5.92. The molecule has 0 radical (unpaired) electrons. The highest BCUT2D eigenvalue weighted by Crippen LogP contribution is 2.39. The second-order valence-electron chi connectivity index (χ2n) is 9.41. The molecule has 3 unspecified atom stereocenters. The van der Waals surface area contributed by atoms with E-state index >= 15 is 0 Å². The van der Waals surface area contributed by atoms with Crippen LogP contribution in [-0.2, 0) is 11.3 Å². The number of morpholine rings is 1. The highest BCUT2D eigenvalue weighted by molar-refractivity contribution is 5.80. The van der Waals surface area contributed by atoms with E-state index in [1.165, 1.54) is 0 Å². The third-order valence-corrected chi connectivity index (χ3v) is 5.92. The number of para-hydroxylation sites is 1. The molecule has 0 bridgehead atoms. The summed E-state index contributed by atoms with van der Waals surface area (Å²) in [5.41, 5.74) is 2.03. The van der Waals surface area contributed by atoms with Crippen molar-refractivity contribution in [2.45, 2.75) is 64.5 Å². The molecule has 3 atom stereocenters. The Morgan fingerprint density at radius 1 is 1.16 bits per heavy atom. The normalized spacial score (nSPS) is 25.0. The smallest absolute Gasteiger partial charge is 0.191 e. The van der Waals surface area contributed by atoms with Gasteiger partial charge in [0.1, 0.15) is 17.2 Å². The number of benzene rings is 1. The molecule has 4 rings (SSSR count). The second kappa shape index (κ2) is 9.36. The predicted octanol–water partition coefficient (Wildman–Crippen LogP) is 3.66. The highest BCUT2D eigenvalue weighted by Gasteiger charge is 2.34. The molecular formula is C25H35N5O2. The molecule has 2 aromatic rings. The van der Waals surface area contributed by atoms with Crippen LogP contribution in [0.5, 0.6) is 5.75 Å². The molecule has 1 aromatic carbocycles. The molecule has 172 valence electrons. The Balaban J connectivity index is 1.37. The standard InChI is InChI=1S/C25H35N5O2/c1-17-15-30(16-18(2)31-17)23-11-10-19(13-27-23)14-28-24(26-5)29-21-12-25(3,4)32-22-9-7-6-8-20(21)22/h6-11,13,17-18,21H,12,14-16H2,1-5H3,(H2,26,28,29). The van der Waals surface area contributed by atoms with Crippen molar-refractivity contribution in [2.24, 2.45) is 4.99 Å². The van der Waals surface area contributed by atoms with E-state index in [2.05, 4.69) is 72.5 Å². The number of anilines is 1. The predicted molar refractivity (Wildman–Crippen MR) is 128 cm³/mol. The van der Waals surface area contributed by atoms with Crippen molar-refractivity contribution in [3.8, 4) is 5.75 Å². The van der Waals surface area contributed by atoms with Crippen molar-refractivity contribution in [2.75, 3.05) is 25.0 Å². The summed E-state index contributed by atoms with van der Waals surface area (Å²) in [4.78, 5) is 11.4. The fourth-order valence-electron chi connectivity index (χ4n) is 4.55. The lowest BCUT2D eigenvalue weighted by atomic mass is 9.90. The van der Waals surface area contributed by atoms with Crippen molar-refractivity contribution in [3.05, 3.63) is 53.7 Å². The van der Waals surface area contributed by atoms with Gasteiger partial charge in [-0.3, -0.25) is 4.99 Å². The van der Waals surface area contributed by atoms with Crippen LogP contribution in [0.4, 0.5) is 5.82 Å².